The molecule has 2 unspecified atom stereocenters. The van der Waals surface area contributed by atoms with Gasteiger partial charge in [0.1, 0.15) is 0 Å². The second kappa shape index (κ2) is 4.44. The largest absolute Gasteiger partial charge is 0.478 e. The van der Waals surface area contributed by atoms with Crippen molar-refractivity contribution >= 4 is 23.3 Å². The molecule has 2 atom stereocenters. The number of aliphatic hydroxyl groups is 1. The van der Waals surface area contributed by atoms with Crippen molar-refractivity contribution in [3.8, 4) is 0 Å². The number of carbonyl (C=O) groups is 1. The first-order valence-corrected chi connectivity index (χ1v) is 6.17. The Hall–Kier alpha value is -1.26. The molecule has 4 nitrogen and oxygen atoms in total. The summed E-state index contributed by atoms with van der Waals surface area (Å²) in [5.41, 5.74) is 0.437. The van der Waals surface area contributed by atoms with E-state index in [1.165, 1.54) is 6.07 Å². The normalized spacial score (nSPS) is 25.3. The van der Waals surface area contributed by atoms with Crippen molar-refractivity contribution in [2.24, 2.45) is 5.41 Å². The lowest BCUT2D eigenvalue weighted by Gasteiger charge is -2.50. The maximum atomic E-state index is 11.1. The van der Waals surface area contributed by atoms with Gasteiger partial charge in [-0.3, -0.25) is 0 Å². The Labute approximate surface area is 111 Å². The molecule has 1 aliphatic rings. The average molecular weight is 270 g/mol. The van der Waals surface area contributed by atoms with E-state index in [-0.39, 0.29) is 23.1 Å². The second-order valence-corrected chi connectivity index (χ2v) is 5.70. The molecule has 1 saturated carbocycles. The number of rotatable bonds is 3. The SMILES string of the molecule is CC1(C)C(O)CC1Nc1ccc(Cl)cc1C(=O)O. The minimum atomic E-state index is -1.02. The van der Waals surface area contributed by atoms with Gasteiger partial charge in [-0.2, -0.15) is 0 Å². The van der Waals surface area contributed by atoms with Gasteiger partial charge in [-0.05, 0) is 24.6 Å². The predicted molar refractivity (Wildman–Crippen MR) is 70.2 cm³/mol. The molecule has 0 saturated heterocycles. The van der Waals surface area contributed by atoms with Crippen molar-refractivity contribution in [2.45, 2.75) is 32.4 Å². The summed E-state index contributed by atoms with van der Waals surface area (Å²) in [4.78, 5) is 11.1. The third-order valence-corrected chi connectivity index (χ3v) is 3.99. The van der Waals surface area contributed by atoms with Crippen LogP contribution in [0.5, 0.6) is 0 Å². The fourth-order valence-electron chi connectivity index (χ4n) is 2.15. The lowest BCUT2D eigenvalue weighted by atomic mass is 9.64. The Morgan fingerprint density at radius 1 is 1.50 bits per heavy atom. The number of aliphatic hydroxyl groups excluding tert-OH is 1. The molecule has 0 aliphatic heterocycles. The standard InChI is InChI=1S/C13H16ClNO3/c1-13(2)10(6-11(13)16)15-9-4-3-7(14)5-8(9)12(17)18/h3-5,10-11,15-16H,6H2,1-2H3,(H,17,18). The molecule has 1 aromatic carbocycles. The Bertz CT molecular complexity index is 487. The Morgan fingerprint density at radius 3 is 2.67 bits per heavy atom. The van der Waals surface area contributed by atoms with E-state index in [9.17, 15) is 9.90 Å². The maximum Gasteiger partial charge on any atom is 0.337 e. The minimum Gasteiger partial charge on any atom is -0.478 e. The molecule has 1 aromatic rings. The van der Waals surface area contributed by atoms with Gasteiger partial charge in [0, 0.05) is 22.2 Å². The van der Waals surface area contributed by atoms with Crippen LogP contribution < -0.4 is 5.32 Å². The first kappa shape index (κ1) is 13.2. The smallest absolute Gasteiger partial charge is 0.337 e. The van der Waals surface area contributed by atoms with Crippen molar-refractivity contribution < 1.29 is 15.0 Å². The molecule has 1 fully saturated rings. The summed E-state index contributed by atoms with van der Waals surface area (Å²) in [6.45, 7) is 3.91. The molecule has 0 radical (unpaired) electrons. The number of anilines is 1. The van der Waals surface area contributed by atoms with Crippen LogP contribution in [0.3, 0.4) is 0 Å². The van der Waals surface area contributed by atoms with Crippen LogP contribution in [0.25, 0.3) is 0 Å². The van der Waals surface area contributed by atoms with Crippen molar-refractivity contribution in [1.82, 2.24) is 0 Å². The van der Waals surface area contributed by atoms with Gasteiger partial charge in [0.25, 0.3) is 0 Å². The van der Waals surface area contributed by atoms with Gasteiger partial charge in [-0.25, -0.2) is 4.79 Å². The summed E-state index contributed by atoms with van der Waals surface area (Å²) in [7, 11) is 0. The zero-order valence-electron chi connectivity index (χ0n) is 10.3. The molecule has 0 heterocycles. The summed E-state index contributed by atoms with van der Waals surface area (Å²) >= 11 is 5.79. The molecular formula is C13H16ClNO3. The van der Waals surface area contributed by atoms with E-state index in [0.29, 0.717) is 17.1 Å². The Morgan fingerprint density at radius 2 is 2.17 bits per heavy atom. The number of benzene rings is 1. The highest BCUT2D eigenvalue weighted by Gasteiger charge is 2.47. The van der Waals surface area contributed by atoms with Gasteiger partial charge in [-0.15, -0.1) is 0 Å². The number of hydrogen-bond donors (Lipinski definition) is 3. The Balaban J connectivity index is 2.23. The van der Waals surface area contributed by atoms with E-state index in [1.54, 1.807) is 12.1 Å². The highest BCUT2D eigenvalue weighted by Crippen LogP contribution is 2.42. The molecule has 2 rings (SSSR count). The quantitative estimate of drug-likeness (QED) is 0.789. The molecule has 0 bridgehead atoms. The summed E-state index contributed by atoms with van der Waals surface area (Å²) in [5.74, 6) is -1.02. The van der Waals surface area contributed by atoms with Crippen molar-refractivity contribution in [1.29, 1.82) is 0 Å². The second-order valence-electron chi connectivity index (χ2n) is 5.26. The first-order valence-electron chi connectivity index (χ1n) is 5.80. The zero-order valence-corrected chi connectivity index (χ0v) is 11.0. The highest BCUT2D eigenvalue weighted by atomic mass is 35.5. The third kappa shape index (κ3) is 2.18. The van der Waals surface area contributed by atoms with Crippen LogP contribution in [0.2, 0.25) is 5.02 Å². The lowest BCUT2D eigenvalue weighted by Crippen LogP contribution is -2.57. The molecule has 1 aliphatic carbocycles. The monoisotopic (exact) mass is 269 g/mol. The van der Waals surface area contributed by atoms with E-state index in [2.05, 4.69) is 5.32 Å². The average Bonchev–Trinajstić information content (AvgIpc) is 2.30. The van der Waals surface area contributed by atoms with E-state index < -0.39 is 5.97 Å². The first-order chi connectivity index (χ1) is 8.32. The van der Waals surface area contributed by atoms with Gasteiger partial charge in [0.15, 0.2) is 0 Å². The van der Waals surface area contributed by atoms with Crippen LogP contribution in [0.1, 0.15) is 30.6 Å². The van der Waals surface area contributed by atoms with E-state index in [1.807, 2.05) is 13.8 Å². The van der Waals surface area contributed by atoms with E-state index in [4.69, 9.17) is 16.7 Å². The topological polar surface area (TPSA) is 69.6 Å². The summed E-state index contributed by atoms with van der Waals surface area (Å²) in [6, 6.07) is 4.80. The minimum absolute atomic E-state index is 0.0618. The van der Waals surface area contributed by atoms with Gasteiger partial charge in [0.05, 0.1) is 11.7 Å². The maximum absolute atomic E-state index is 11.1. The molecule has 0 aromatic heterocycles. The third-order valence-electron chi connectivity index (χ3n) is 3.76. The molecule has 98 valence electrons. The number of hydrogen-bond acceptors (Lipinski definition) is 3. The molecule has 5 heteroatoms. The lowest BCUT2D eigenvalue weighted by molar-refractivity contribution is -0.0510. The van der Waals surface area contributed by atoms with Crippen LogP contribution in [0, 0.1) is 5.41 Å². The van der Waals surface area contributed by atoms with Crippen LogP contribution in [0.15, 0.2) is 18.2 Å². The van der Waals surface area contributed by atoms with Crippen molar-refractivity contribution in [2.75, 3.05) is 5.32 Å². The number of nitrogens with one attached hydrogen (secondary N) is 1. The summed E-state index contributed by atoms with van der Waals surface area (Å²) < 4.78 is 0. The van der Waals surface area contributed by atoms with Gasteiger partial charge >= 0.3 is 5.97 Å². The molecule has 0 spiro atoms. The highest BCUT2D eigenvalue weighted by molar-refractivity contribution is 6.31. The predicted octanol–water partition coefficient (Wildman–Crippen LogP) is 2.61. The van der Waals surface area contributed by atoms with Crippen LogP contribution in [0.4, 0.5) is 5.69 Å². The number of carboxylic acid groups (broad SMARTS) is 1. The van der Waals surface area contributed by atoms with Crippen molar-refractivity contribution in [3.05, 3.63) is 28.8 Å². The number of carboxylic acids is 1. The molecule has 0 amide bonds. The Kier molecular flexibility index (Phi) is 3.25. The molecule has 18 heavy (non-hydrogen) atoms. The number of halogens is 1. The molecule has 3 N–H and O–H groups in total. The van der Waals surface area contributed by atoms with Gasteiger partial charge in [-0.1, -0.05) is 25.4 Å². The molecular weight excluding hydrogens is 254 g/mol. The summed E-state index contributed by atoms with van der Waals surface area (Å²) in [5, 5.41) is 22.4. The van der Waals surface area contributed by atoms with Crippen LogP contribution >= 0.6 is 11.6 Å². The number of aromatic carboxylic acids is 1. The van der Waals surface area contributed by atoms with Gasteiger partial charge in [0.2, 0.25) is 0 Å². The van der Waals surface area contributed by atoms with E-state index >= 15 is 0 Å². The van der Waals surface area contributed by atoms with Gasteiger partial charge < -0.3 is 15.5 Å². The van der Waals surface area contributed by atoms with E-state index in [0.717, 1.165) is 0 Å². The summed E-state index contributed by atoms with van der Waals surface area (Å²) in [6.07, 6.45) is 0.268. The van der Waals surface area contributed by atoms with Crippen LogP contribution in [-0.4, -0.2) is 28.3 Å². The van der Waals surface area contributed by atoms with Crippen molar-refractivity contribution in [3.63, 3.8) is 0 Å². The fourth-order valence-corrected chi connectivity index (χ4v) is 2.33. The zero-order chi connectivity index (χ0) is 13.5. The fraction of sp³-hybridized carbons (Fsp3) is 0.462. The van der Waals surface area contributed by atoms with Crippen LogP contribution in [-0.2, 0) is 0 Å².